The first kappa shape index (κ1) is 14.9. The SMILES string of the molecule is CC(OC(=O)CBr)c1ccc(OC2=CCCC=C2)cc1. The molecule has 0 saturated heterocycles. The van der Waals surface area contributed by atoms with Crippen LogP contribution in [0, 0.1) is 0 Å². The number of hydrogen-bond acceptors (Lipinski definition) is 3. The second-order valence-electron chi connectivity index (χ2n) is 4.52. The van der Waals surface area contributed by atoms with Gasteiger partial charge in [0, 0.05) is 0 Å². The molecule has 0 aromatic heterocycles. The van der Waals surface area contributed by atoms with Crippen molar-refractivity contribution in [3.63, 3.8) is 0 Å². The molecule has 3 nitrogen and oxygen atoms in total. The lowest BCUT2D eigenvalue weighted by atomic mass is 10.1. The molecule has 0 amide bonds. The maximum atomic E-state index is 11.2. The van der Waals surface area contributed by atoms with Crippen LogP contribution in [0.25, 0.3) is 0 Å². The van der Waals surface area contributed by atoms with Gasteiger partial charge in [-0.2, -0.15) is 0 Å². The molecule has 1 aromatic rings. The Hall–Kier alpha value is -1.55. The third-order valence-electron chi connectivity index (χ3n) is 2.96. The summed E-state index contributed by atoms with van der Waals surface area (Å²) >= 11 is 3.08. The van der Waals surface area contributed by atoms with E-state index in [1.807, 2.05) is 37.3 Å². The number of rotatable bonds is 5. The Morgan fingerprint density at radius 1 is 1.30 bits per heavy atom. The summed E-state index contributed by atoms with van der Waals surface area (Å²) in [5, 5.41) is 0.207. The maximum Gasteiger partial charge on any atom is 0.317 e. The first-order valence-corrected chi connectivity index (χ1v) is 7.71. The Morgan fingerprint density at radius 3 is 2.65 bits per heavy atom. The summed E-state index contributed by atoms with van der Waals surface area (Å²) in [6, 6.07) is 7.59. The Labute approximate surface area is 127 Å². The number of esters is 1. The predicted molar refractivity (Wildman–Crippen MR) is 81.8 cm³/mol. The molecule has 0 bridgehead atoms. The normalized spacial score (nSPS) is 15.4. The van der Waals surface area contributed by atoms with Gasteiger partial charge in [0.05, 0.1) is 0 Å². The molecule has 1 atom stereocenters. The van der Waals surface area contributed by atoms with Crippen molar-refractivity contribution in [2.75, 3.05) is 5.33 Å². The van der Waals surface area contributed by atoms with Crippen molar-refractivity contribution in [1.29, 1.82) is 0 Å². The highest BCUT2D eigenvalue weighted by Gasteiger charge is 2.10. The number of ether oxygens (including phenoxy) is 2. The molecule has 4 heteroatoms. The number of carbonyl (C=O) groups is 1. The minimum Gasteiger partial charge on any atom is -0.458 e. The van der Waals surface area contributed by atoms with Gasteiger partial charge in [-0.3, -0.25) is 4.79 Å². The lowest BCUT2D eigenvalue weighted by molar-refractivity contribution is -0.145. The monoisotopic (exact) mass is 336 g/mol. The van der Waals surface area contributed by atoms with Crippen LogP contribution in [-0.2, 0) is 9.53 Å². The average molecular weight is 337 g/mol. The van der Waals surface area contributed by atoms with Gasteiger partial charge in [-0.25, -0.2) is 0 Å². The van der Waals surface area contributed by atoms with Crippen LogP contribution in [0.15, 0.2) is 48.3 Å². The fraction of sp³-hybridized carbons (Fsp3) is 0.312. The molecule has 106 valence electrons. The molecule has 0 aliphatic heterocycles. The van der Waals surface area contributed by atoms with Crippen LogP contribution >= 0.6 is 15.9 Å². The molecule has 0 N–H and O–H groups in total. The molecule has 0 spiro atoms. The van der Waals surface area contributed by atoms with E-state index in [4.69, 9.17) is 9.47 Å². The first-order chi connectivity index (χ1) is 9.69. The molecule has 1 aliphatic rings. The lowest BCUT2D eigenvalue weighted by Gasteiger charge is -2.14. The summed E-state index contributed by atoms with van der Waals surface area (Å²) in [5.41, 5.74) is 0.944. The van der Waals surface area contributed by atoms with Crippen molar-refractivity contribution in [3.05, 3.63) is 53.8 Å². The van der Waals surface area contributed by atoms with Crippen molar-refractivity contribution in [2.24, 2.45) is 0 Å². The highest BCUT2D eigenvalue weighted by Crippen LogP contribution is 2.23. The average Bonchev–Trinajstić information content (AvgIpc) is 2.49. The van der Waals surface area contributed by atoms with Gasteiger partial charge in [-0.15, -0.1) is 0 Å². The van der Waals surface area contributed by atoms with E-state index in [2.05, 4.69) is 28.1 Å². The lowest BCUT2D eigenvalue weighted by Crippen LogP contribution is -2.09. The molecular weight excluding hydrogens is 320 g/mol. The highest BCUT2D eigenvalue weighted by atomic mass is 79.9. The molecule has 20 heavy (non-hydrogen) atoms. The van der Waals surface area contributed by atoms with Gasteiger partial charge in [0.25, 0.3) is 0 Å². The van der Waals surface area contributed by atoms with Gasteiger partial charge in [-0.05, 0) is 49.6 Å². The van der Waals surface area contributed by atoms with Crippen molar-refractivity contribution in [3.8, 4) is 5.75 Å². The molecule has 1 aliphatic carbocycles. The molecule has 0 radical (unpaired) electrons. The molecule has 0 heterocycles. The van der Waals surface area contributed by atoms with Gasteiger partial charge in [0.2, 0.25) is 0 Å². The zero-order valence-electron chi connectivity index (χ0n) is 11.3. The Morgan fingerprint density at radius 2 is 2.05 bits per heavy atom. The van der Waals surface area contributed by atoms with Gasteiger partial charge in [0.15, 0.2) is 0 Å². The number of allylic oxidation sites excluding steroid dienone is 3. The van der Waals surface area contributed by atoms with Crippen molar-refractivity contribution >= 4 is 21.9 Å². The summed E-state index contributed by atoms with van der Waals surface area (Å²) in [7, 11) is 0. The minimum absolute atomic E-state index is 0.207. The Kier molecular flexibility index (Phi) is 5.41. The zero-order valence-corrected chi connectivity index (χ0v) is 12.9. The predicted octanol–water partition coefficient (Wildman–Crippen LogP) is 4.30. The van der Waals surface area contributed by atoms with Gasteiger partial charge < -0.3 is 9.47 Å². The summed E-state index contributed by atoms with van der Waals surface area (Å²) < 4.78 is 11.0. The fourth-order valence-electron chi connectivity index (χ4n) is 1.90. The van der Waals surface area contributed by atoms with Crippen LogP contribution in [0.1, 0.15) is 31.4 Å². The van der Waals surface area contributed by atoms with Crippen LogP contribution in [0.5, 0.6) is 5.75 Å². The van der Waals surface area contributed by atoms with Crippen LogP contribution in [0.4, 0.5) is 0 Å². The first-order valence-electron chi connectivity index (χ1n) is 6.59. The standard InChI is InChI=1S/C16H17BrO3/c1-12(19-16(18)11-17)13-7-9-15(10-8-13)20-14-5-3-2-4-6-14/h3,5-10,12H,2,4,11H2,1H3. The molecule has 1 aromatic carbocycles. The van der Waals surface area contributed by atoms with E-state index in [0.29, 0.717) is 0 Å². The third-order valence-corrected chi connectivity index (χ3v) is 3.42. The van der Waals surface area contributed by atoms with E-state index in [1.165, 1.54) is 0 Å². The van der Waals surface area contributed by atoms with Crippen molar-refractivity contribution in [1.82, 2.24) is 0 Å². The van der Waals surface area contributed by atoms with Crippen LogP contribution in [-0.4, -0.2) is 11.3 Å². The zero-order chi connectivity index (χ0) is 14.4. The van der Waals surface area contributed by atoms with E-state index in [1.54, 1.807) is 0 Å². The molecular formula is C16H17BrO3. The second kappa shape index (κ2) is 7.29. The summed E-state index contributed by atoms with van der Waals surface area (Å²) in [4.78, 5) is 11.2. The van der Waals surface area contributed by atoms with Crippen LogP contribution in [0.2, 0.25) is 0 Å². The molecule has 2 rings (SSSR count). The van der Waals surface area contributed by atoms with Crippen LogP contribution in [0.3, 0.4) is 0 Å². The van der Waals surface area contributed by atoms with E-state index in [9.17, 15) is 4.79 Å². The number of hydrogen-bond donors (Lipinski definition) is 0. The summed E-state index contributed by atoms with van der Waals surface area (Å²) in [6.07, 6.45) is 7.99. The largest absolute Gasteiger partial charge is 0.458 e. The number of halogens is 1. The topological polar surface area (TPSA) is 35.5 Å². The van der Waals surface area contributed by atoms with Gasteiger partial charge in [-0.1, -0.05) is 34.1 Å². The van der Waals surface area contributed by atoms with Gasteiger partial charge in [0.1, 0.15) is 22.9 Å². The highest BCUT2D eigenvalue weighted by molar-refractivity contribution is 9.09. The fourth-order valence-corrected chi connectivity index (χ4v) is 2.04. The Balaban J connectivity index is 1.97. The maximum absolute atomic E-state index is 11.2. The quantitative estimate of drug-likeness (QED) is 0.594. The molecule has 1 unspecified atom stereocenters. The number of alkyl halides is 1. The number of carbonyl (C=O) groups excluding carboxylic acids is 1. The molecule has 0 saturated carbocycles. The van der Waals surface area contributed by atoms with Gasteiger partial charge >= 0.3 is 5.97 Å². The third kappa shape index (κ3) is 4.23. The van der Waals surface area contributed by atoms with E-state index in [-0.39, 0.29) is 17.4 Å². The van der Waals surface area contributed by atoms with Crippen molar-refractivity contribution < 1.29 is 14.3 Å². The minimum atomic E-state index is -0.268. The smallest absolute Gasteiger partial charge is 0.317 e. The Bertz CT molecular complexity index is 517. The summed E-state index contributed by atoms with van der Waals surface area (Å²) in [5.74, 6) is 1.39. The van der Waals surface area contributed by atoms with E-state index in [0.717, 1.165) is 29.9 Å². The summed E-state index contributed by atoms with van der Waals surface area (Å²) in [6.45, 7) is 1.85. The van der Waals surface area contributed by atoms with Crippen molar-refractivity contribution in [2.45, 2.75) is 25.9 Å². The van der Waals surface area contributed by atoms with E-state index < -0.39 is 0 Å². The van der Waals surface area contributed by atoms with Crippen LogP contribution < -0.4 is 4.74 Å². The second-order valence-corrected chi connectivity index (χ2v) is 5.08. The molecule has 0 fully saturated rings. The number of benzene rings is 1. The van der Waals surface area contributed by atoms with E-state index >= 15 is 0 Å².